The van der Waals surface area contributed by atoms with E-state index in [0.717, 1.165) is 22.4 Å². The molecule has 1 saturated heterocycles. The van der Waals surface area contributed by atoms with Crippen LogP contribution in [0, 0.1) is 6.92 Å². The van der Waals surface area contributed by atoms with Gasteiger partial charge in [0.2, 0.25) is 0 Å². The van der Waals surface area contributed by atoms with Gasteiger partial charge in [-0.05, 0) is 48.4 Å². The molecule has 1 unspecified atom stereocenters. The van der Waals surface area contributed by atoms with Gasteiger partial charge in [0.15, 0.2) is 4.87 Å². The number of methoxy groups -OCH3 is 1. The van der Waals surface area contributed by atoms with Crippen molar-refractivity contribution < 1.29 is 14.3 Å². The van der Waals surface area contributed by atoms with E-state index in [1.54, 1.807) is 16.9 Å². The number of hydrogen-bond donors (Lipinski definition) is 0. The Morgan fingerprint density at radius 1 is 1.12 bits per heavy atom. The molecule has 1 spiro atoms. The summed E-state index contributed by atoms with van der Waals surface area (Å²) < 4.78 is 5.49. The van der Waals surface area contributed by atoms with Crippen molar-refractivity contribution >= 4 is 40.9 Å². The van der Waals surface area contributed by atoms with Gasteiger partial charge in [0.1, 0.15) is 5.75 Å². The van der Waals surface area contributed by atoms with Crippen LogP contribution in [0.3, 0.4) is 0 Å². The molecule has 2 aliphatic heterocycles. The van der Waals surface area contributed by atoms with Crippen molar-refractivity contribution in [3.63, 3.8) is 0 Å². The van der Waals surface area contributed by atoms with Gasteiger partial charge in [0.05, 0.1) is 19.3 Å². The zero-order valence-corrected chi connectivity index (χ0v) is 19.9. The van der Waals surface area contributed by atoms with E-state index < -0.39 is 4.87 Å². The summed E-state index contributed by atoms with van der Waals surface area (Å²) in [7, 11) is 1.60. The lowest BCUT2D eigenvalue weighted by Gasteiger charge is -2.33. The summed E-state index contributed by atoms with van der Waals surface area (Å²) in [6.07, 6.45) is 0. The number of ether oxygens (including phenoxy) is 1. The summed E-state index contributed by atoms with van der Waals surface area (Å²) in [5.41, 5.74) is 3.91. The molecule has 0 aliphatic carbocycles. The van der Waals surface area contributed by atoms with Crippen LogP contribution in [-0.2, 0) is 16.2 Å². The van der Waals surface area contributed by atoms with Crippen molar-refractivity contribution in [2.75, 3.05) is 24.3 Å². The molecule has 0 aromatic heterocycles. The summed E-state index contributed by atoms with van der Waals surface area (Å²) >= 11 is 7.93. The highest BCUT2D eigenvalue weighted by molar-refractivity contribution is 8.01. The fraction of sp³-hybridized carbons (Fsp3) is 0.231. The Morgan fingerprint density at radius 2 is 1.88 bits per heavy atom. The Bertz CT molecular complexity index is 1260. The second-order valence-corrected chi connectivity index (χ2v) is 9.82. The van der Waals surface area contributed by atoms with Crippen LogP contribution in [0.5, 0.6) is 5.75 Å². The topological polar surface area (TPSA) is 49.9 Å². The van der Waals surface area contributed by atoms with E-state index in [1.807, 2.05) is 73.7 Å². The van der Waals surface area contributed by atoms with Gasteiger partial charge in [0.25, 0.3) is 11.8 Å². The van der Waals surface area contributed by atoms with Crippen molar-refractivity contribution in [2.45, 2.75) is 18.3 Å². The molecule has 2 amide bonds. The lowest BCUT2D eigenvalue weighted by Crippen LogP contribution is -2.50. The van der Waals surface area contributed by atoms with E-state index in [-0.39, 0.29) is 11.8 Å². The van der Waals surface area contributed by atoms with Crippen LogP contribution < -0.4 is 9.64 Å². The lowest BCUT2D eigenvalue weighted by molar-refractivity contribution is -0.123. The Morgan fingerprint density at radius 3 is 2.64 bits per heavy atom. The highest BCUT2D eigenvalue weighted by Crippen LogP contribution is 2.55. The Kier molecular flexibility index (Phi) is 5.59. The number of hydrogen-bond acceptors (Lipinski definition) is 4. The van der Waals surface area contributed by atoms with Gasteiger partial charge in [0, 0.05) is 28.4 Å². The van der Waals surface area contributed by atoms with E-state index in [0.29, 0.717) is 35.2 Å². The van der Waals surface area contributed by atoms with Gasteiger partial charge >= 0.3 is 0 Å². The Balaban J connectivity index is 1.64. The molecule has 7 heteroatoms. The lowest BCUT2D eigenvalue weighted by atomic mass is 10.0. The van der Waals surface area contributed by atoms with Gasteiger partial charge in [-0.15, -0.1) is 11.8 Å². The first-order valence-corrected chi connectivity index (χ1v) is 12.1. The maximum absolute atomic E-state index is 14.2. The number of benzene rings is 3. The van der Waals surface area contributed by atoms with Crippen LogP contribution in [0.1, 0.15) is 27.0 Å². The van der Waals surface area contributed by atoms with Crippen LogP contribution in [-0.4, -0.2) is 36.1 Å². The minimum atomic E-state index is -1.13. The molecule has 2 heterocycles. The first kappa shape index (κ1) is 21.9. The van der Waals surface area contributed by atoms with Crippen LogP contribution in [0.15, 0.2) is 66.7 Å². The summed E-state index contributed by atoms with van der Waals surface area (Å²) in [6.45, 7) is 2.73. The molecule has 0 saturated carbocycles. The fourth-order valence-electron chi connectivity index (χ4n) is 4.63. The third-order valence-electron chi connectivity index (χ3n) is 6.31. The fourth-order valence-corrected chi connectivity index (χ4v) is 6.28. The minimum Gasteiger partial charge on any atom is -0.497 e. The van der Waals surface area contributed by atoms with Crippen LogP contribution in [0.25, 0.3) is 0 Å². The number of carbonyl (C=O) groups is 2. The number of thioether (sulfide) groups is 1. The van der Waals surface area contributed by atoms with Crippen LogP contribution in [0.2, 0.25) is 5.02 Å². The van der Waals surface area contributed by atoms with Gasteiger partial charge < -0.3 is 14.5 Å². The maximum Gasteiger partial charge on any atom is 0.268 e. The number of nitrogens with zero attached hydrogens (tertiary/aromatic N) is 2. The number of fused-ring (bicyclic) bond motifs is 2. The third-order valence-corrected chi connectivity index (χ3v) is 8.10. The third kappa shape index (κ3) is 3.40. The number of aryl methyl sites for hydroxylation is 1. The molecule has 5 nitrogen and oxygen atoms in total. The first-order chi connectivity index (χ1) is 16.0. The summed E-state index contributed by atoms with van der Waals surface area (Å²) in [5.74, 6) is 1.05. The molecule has 0 N–H and O–H groups in total. The molecule has 3 aromatic rings. The molecular formula is C26H23ClN2O3S. The summed E-state index contributed by atoms with van der Waals surface area (Å²) in [6, 6.07) is 20.6. The molecule has 0 radical (unpaired) electrons. The number of amides is 2. The van der Waals surface area contributed by atoms with Crippen molar-refractivity contribution in [2.24, 2.45) is 0 Å². The Labute approximate surface area is 202 Å². The highest BCUT2D eigenvalue weighted by atomic mass is 35.5. The van der Waals surface area contributed by atoms with E-state index in [1.165, 1.54) is 11.8 Å². The van der Waals surface area contributed by atoms with Gasteiger partial charge in [-0.25, -0.2) is 0 Å². The molecule has 168 valence electrons. The second-order valence-electron chi connectivity index (χ2n) is 8.13. The van der Waals surface area contributed by atoms with Crippen LogP contribution >= 0.6 is 23.4 Å². The number of anilines is 1. The van der Waals surface area contributed by atoms with Crippen molar-refractivity contribution in [3.8, 4) is 5.75 Å². The monoisotopic (exact) mass is 478 g/mol. The molecule has 1 fully saturated rings. The standard InChI is InChI=1S/C26H23ClN2O3S/c1-17-7-3-5-9-20(17)24(30)29-13-14-33-26(29)21-15-19(32-2)11-12-23(21)28(25(26)31)16-18-8-4-6-10-22(18)27/h3-12,15H,13-14,16H2,1-2H3. The predicted octanol–water partition coefficient (Wildman–Crippen LogP) is 5.25. The second kappa shape index (κ2) is 8.43. The van der Waals surface area contributed by atoms with Crippen molar-refractivity contribution in [1.82, 2.24) is 4.90 Å². The molecule has 5 rings (SSSR count). The van der Waals surface area contributed by atoms with Crippen molar-refractivity contribution in [3.05, 3.63) is 94.0 Å². The molecule has 3 aromatic carbocycles. The van der Waals surface area contributed by atoms with E-state index in [2.05, 4.69) is 0 Å². The average Bonchev–Trinajstić information content (AvgIpc) is 3.37. The number of rotatable bonds is 4. The summed E-state index contributed by atoms with van der Waals surface area (Å²) in [4.78, 5) is 30.2. The maximum atomic E-state index is 14.2. The van der Waals surface area contributed by atoms with Gasteiger partial charge in [-0.3, -0.25) is 9.59 Å². The molecule has 2 aliphatic rings. The van der Waals surface area contributed by atoms with E-state index in [9.17, 15) is 9.59 Å². The zero-order valence-electron chi connectivity index (χ0n) is 18.4. The Hall–Kier alpha value is -2.96. The highest BCUT2D eigenvalue weighted by Gasteiger charge is 2.59. The molecule has 1 atom stereocenters. The largest absolute Gasteiger partial charge is 0.497 e. The average molecular weight is 479 g/mol. The minimum absolute atomic E-state index is 0.130. The predicted molar refractivity (Wildman–Crippen MR) is 132 cm³/mol. The van der Waals surface area contributed by atoms with E-state index in [4.69, 9.17) is 16.3 Å². The summed E-state index contributed by atoms with van der Waals surface area (Å²) in [5, 5.41) is 0.605. The number of halogens is 1. The quantitative estimate of drug-likeness (QED) is 0.514. The molecule has 0 bridgehead atoms. The van der Waals surface area contributed by atoms with E-state index >= 15 is 0 Å². The van der Waals surface area contributed by atoms with Gasteiger partial charge in [-0.1, -0.05) is 48.0 Å². The number of carbonyl (C=O) groups excluding carboxylic acids is 2. The first-order valence-electron chi connectivity index (χ1n) is 10.7. The van der Waals surface area contributed by atoms with Gasteiger partial charge in [-0.2, -0.15) is 0 Å². The smallest absolute Gasteiger partial charge is 0.268 e. The zero-order chi connectivity index (χ0) is 23.2. The molecule has 33 heavy (non-hydrogen) atoms. The molecular weight excluding hydrogens is 456 g/mol. The normalized spacial score (nSPS) is 19.3. The van der Waals surface area contributed by atoms with Crippen molar-refractivity contribution in [1.29, 1.82) is 0 Å². The van der Waals surface area contributed by atoms with Crippen LogP contribution in [0.4, 0.5) is 5.69 Å². The SMILES string of the molecule is COc1ccc2c(c1)C1(SCCN1C(=O)c1ccccc1C)C(=O)N2Cc1ccccc1Cl.